The molecule has 0 aliphatic rings. The first kappa shape index (κ1) is 15.7. The van der Waals surface area contributed by atoms with E-state index < -0.39 is 21.3 Å². The molecule has 0 aliphatic heterocycles. The van der Waals surface area contributed by atoms with Crippen LogP contribution in [0.2, 0.25) is 0 Å². The van der Waals surface area contributed by atoms with Crippen LogP contribution in [0.5, 0.6) is 0 Å². The zero-order chi connectivity index (χ0) is 14.8. The van der Waals surface area contributed by atoms with E-state index in [0.29, 0.717) is 0 Å². The molecule has 0 heterocycles. The number of aryl methyl sites for hydroxylation is 1. The summed E-state index contributed by atoms with van der Waals surface area (Å²) < 4.78 is 26.3. The highest BCUT2D eigenvalue weighted by molar-refractivity contribution is 7.90. The maximum absolute atomic E-state index is 12.1. The molecule has 1 amide bonds. The summed E-state index contributed by atoms with van der Waals surface area (Å²) in [5.41, 5.74) is 0.227. The number of hydrogen-bond donors (Lipinski definition) is 1. The Balaban J connectivity index is 2.98. The summed E-state index contributed by atoms with van der Waals surface area (Å²) in [6.45, 7) is 9.11. The summed E-state index contributed by atoms with van der Waals surface area (Å²) in [5.74, 6) is -0.441. The number of amides is 1. The van der Waals surface area contributed by atoms with Crippen LogP contribution in [0.1, 0.15) is 33.3 Å². The Labute approximate surface area is 115 Å². The minimum atomic E-state index is -3.79. The number of benzene rings is 1. The third-order valence-corrected chi connectivity index (χ3v) is 4.93. The van der Waals surface area contributed by atoms with Gasteiger partial charge >= 0.3 is 0 Å². The highest BCUT2D eigenvalue weighted by Crippen LogP contribution is 2.26. The molecule has 1 rings (SSSR count). The van der Waals surface area contributed by atoms with Gasteiger partial charge in [0, 0.05) is 5.41 Å². The Kier molecular flexibility index (Phi) is 4.40. The largest absolute Gasteiger partial charge is 0.273 e. The highest BCUT2D eigenvalue weighted by Gasteiger charge is 2.34. The predicted molar refractivity (Wildman–Crippen MR) is 75.1 cm³/mol. The molecule has 0 aromatic heterocycles. The van der Waals surface area contributed by atoms with Crippen LogP contribution in [0.4, 0.5) is 0 Å². The van der Waals surface area contributed by atoms with Crippen LogP contribution in [0, 0.1) is 18.3 Å². The van der Waals surface area contributed by atoms with Gasteiger partial charge in [0.2, 0.25) is 5.91 Å². The SMILES string of the molecule is Cc1ccc(S(=O)(=O)NC(=O)C(C)(C)C(C)C)cc1. The van der Waals surface area contributed by atoms with Crippen LogP contribution < -0.4 is 4.72 Å². The fourth-order valence-corrected chi connectivity index (χ4v) is 2.41. The van der Waals surface area contributed by atoms with Crippen molar-refractivity contribution in [3.8, 4) is 0 Å². The Morgan fingerprint density at radius 2 is 1.63 bits per heavy atom. The van der Waals surface area contributed by atoms with Crippen LogP contribution >= 0.6 is 0 Å². The zero-order valence-electron chi connectivity index (χ0n) is 12.0. The number of nitrogens with one attached hydrogen (secondary N) is 1. The normalized spacial score (nSPS) is 12.5. The van der Waals surface area contributed by atoms with E-state index in [-0.39, 0.29) is 10.8 Å². The van der Waals surface area contributed by atoms with Gasteiger partial charge in [0.25, 0.3) is 10.0 Å². The smallest absolute Gasteiger partial charge is 0.264 e. The lowest BCUT2D eigenvalue weighted by molar-refractivity contribution is -0.129. The first-order valence-electron chi connectivity index (χ1n) is 6.21. The first-order chi connectivity index (χ1) is 8.57. The molecule has 0 bridgehead atoms. The summed E-state index contributed by atoms with van der Waals surface area (Å²) >= 11 is 0. The maximum atomic E-state index is 12.1. The Morgan fingerprint density at radius 1 is 1.16 bits per heavy atom. The summed E-state index contributed by atoms with van der Waals surface area (Å²) in [5, 5.41) is 0. The van der Waals surface area contributed by atoms with Crippen molar-refractivity contribution < 1.29 is 13.2 Å². The number of rotatable bonds is 4. The van der Waals surface area contributed by atoms with Crippen molar-refractivity contribution in [3.05, 3.63) is 29.8 Å². The van der Waals surface area contributed by atoms with Gasteiger partial charge in [-0.25, -0.2) is 13.1 Å². The van der Waals surface area contributed by atoms with E-state index in [4.69, 9.17) is 0 Å². The monoisotopic (exact) mass is 283 g/mol. The molecule has 4 nitrogen and oxygen atoms in total. The van der Waals surface area contributed by atoms with Gasteiger partial charge in [-0.3, -0.25) is 4.79 Å². The fourth-order valence-electron chi connectivity index (χ4n) is 1.29. The van der Waals surface area contributed by atoms with E-state index in [1.807, 2.05) is 20.8 Å². The maximum Gasteiger partial charge on any atom is 0.264 e. The molecule has 0 saturated carbocycles. The van der Waals surface area contributed by atoms with Gasteiger partial charge in [-0.1, -0.05) is 45.4 Å². The van der Waals surface area contributed by atoms with Crippen molar-refractivity contribution in [2.45, 2.75) is 39.5 Å². The van der Waals surface area contributed by atoms with Crippen molar-refractivity contribution in [3.63, 3.8) is 0 Å². The van der Waals surface area contributed by atoms with Crippen LogP contribution in [-0.4, -0.2) is 14.3 Å². The molecule has 0 aliphatic carbocycles. The van der Waals surface area contributed by atoms with Gasteiger partial charge in [0.15, 0.2) is 0 Å². The summed E-state index contributed by atoms with van der Waals surface area (Å²) in [4.78, 5) is 12.2. The second-order valence-corrected chi connectivity index (χ2v) is 7.31. The average molecular weight is 283 g/mol. The van der Waals surface area contributed by atoms with E-state index in [9.17, 15) is 13.2 Å². The van der Waals surface area contributed by atoms with Gasteiger partial charge in [-0.2, -0.15) is 0 Å². The Morgan fingerprint density at radius 3 is 2.05 bits per heavy atom. The number of hydrogen-bond acceptors (Lipinski definition) is 3. The number of carbonyl (C=O) groups excluding carboxylic acids is 1. The van der Waals surface area contributed by atoms with Crippen molar-refractivity contribution >= 4 is 15.9 Å². The van der Waals surface area contributed by atoms with Gasteiger partial charge < -0.3 is 0 Å². The van der Waals surface area contributed by atoms with Gasteiger partial charge in [0.05, 0.1) is 4.90 Å². The van der Waals surface area contributed by atoms with Crippen molar-refractivity contribution in [1.29, 1.82) is 0 Å². The lowest BCUT2D eigenvalue weighted by atomic mass is 9.81. The molecule has 0 fully saturated rings. The lowest BCUT2D eigenvalue weighted by Gasteiger charge is -2.27. The molecular formula is C14H21NO3S. The standard InChI is InChI=1S/C14H21NO3S/c1-10(2)14(4,5)13(16)15-19(17,18)12-8-6-11(3)7-9-12/h6-10H,1-5H3,(H,15,16). The lowest BCUT2D eigenvalue weighted by Crippen LogP contribution is -2.43. The van der Waals surface area contributed by atoms with E-state index in [1.165, 1.54) is 12.1 Å². The fraction of sp³-hybridized carbons (Fsp3) is 0.500. The summed E-state index contributed by atoms with van der Waals surface area (Å²) in [7, 11) is -3.79. The van der Waals surface area contributed by atoms with Crippen molar-refractivity contribution in [1.82, 2.24) is 4.72 Å². The van der Waals surface area contributed by atoms with Crippen LogP contribution in [0.3, 0.4) is 0 Å². The highest BCUT2D eigenvalue weighted by atomic mass is 32.2. The predicted octanol–water partition coefficient (Wildman–Crippen LogP) is 2.48. The van der Waals surface area contributed by atoms with Gasteiger partial charge in [-0.15, -0.1) is 0 Å². The first-order valence-corrected chi connectivity index (χ1v) is 7.69. The van der Waals surface area contributed by atoms with E-state index in [2.05, 4.69) is 4.72 Å². The molecule has 0 saturated heterocycles. The molecular weight excluding hydrogens is 262 g/mol. The van der Waals surface area contributed by atoms with Crippen LogP contribution in [-0.2, 0) is 14.8 Å². The average Bonchev–Trinajstić information content (AvgIpc) is 2.28. The molecule has 0 spiro atoms. The molecule has 1 aromatic rings. The number of sulfonamides is 1. The summed E-state index contributed by atoms with van der Waals surface area (Å²) in [6.07, 6.45) is 0. The minimum absolute atomic E-state index is 0.0423. The second kappa shape index (κ2) is 5.33. The zero-order valence-corrected chi connectivity index (χ0v) is 12.8. The topological polar surface area (TPSA) is 63.2 Å². The molecule has 19 heavy (non-hydrogen) atoms. The molecule has 1 aromatic carbocycles. The van der Waals surface area contributed by atoms with Crippen LogP contribution in [0.15, 0.2) is 29.2 Å². The van der Waals surface area contributed by atoms with Gasteiger partial charge in [-0.05, 0) is 25.0 Å². The Hall–Kier alpha value is -1.36. The molecule has 0 radical (unpaired) electrons. The van der Waals surface area contributed by atoms with Crippen LogP contribution in [0.25, 0.3) is 0 Å². The molecule has 106 valence electrons. The summed E-state index contributed by atoms with van der Waals surface area (Å²) in [6, 6.07) is 6.39. The molecule has 0 unspecified atom stereocenters. The Bertz CT molecular complexity index is 557. The second-order valence-electron chi connectivity index (χ2n) is 5.62. The molecule has 1 N–H and O–H groups in total. The third-order valence-electron chi connectivity index (χ3n) is 3.59. The van der Waals surface area contributed by atoms with E-state index >= 15 is 0 Å². The minimum Gasteiger partial charge on any atom is -0.273 e. The van der Waals surface area contributed by atoms with Gasteiger partial charge in [0.1, 0.15) is 0 Å². The number of carbonyl (C=O) groups is 1. The molecule has 5 heteroatoms. The molecule has 0 atom stereocenters. The van der Waals surface area contributed by atoms with E-state index in [0.717, 1.165) is 5.56 Å². The van der Waals surface area contributed by atoms with E-state index in [1.54, 1.807) is 26.0 Å². The quantitative estimate of drug-likeness (QED) is 0.923. The van der Waals surface area contributed by atoms with Crippen molar-refractivity contribution in [2.24, 2.45) is 11.3 Å². The van der Waals surface area contributed by atoms with Crippen molar-refractivity contribution in [2.75, 3.05) is 0 Å². The third kappa shape index (κ3) is 3.56.